The highest BCUT2D eigenvalue weighted by atomic mass is 35.5. The molecule has 0 saturated heterocycles. The summed E-state index contributed by atoms with van der Waals surface area (Å²) < 4.78 is 24.8. The van der Waals surface area contributed by atoms with Crippen LogP contribution in [0.15, 0.2) is 10.9 Å². The van der Waals surface area contributed by atoms with Gasteiger partial charge < -0.3 is 4.98 Å². The van der Waals surface area contributed by atoms with E-state index in [0.717, 1.165) is 6.07 Å². The number of nitrogens with zero attached hydrogens (tertiary/aromatic N) is 1. The van der Waals surface area contributed by atoms with Crippen LogP contribution in [0.1, 0.15) is 17.6 Å². The van der Waals surface area contributed by atoms with Gasteiger partial charge in [-0.1, -0.05) is 11.6 Å². The van der Waals surface area contributed by atoms with Crippen molar-refractivity contribution in [3.8, 4) is 6.07 Å². The predicted molar refractivity (Wildman–Crippen MR) is 46.3 cm³/mol. The smallest absolute Gasteiger partial charge is 0.264 e. The number of pyridine rings is 1. The molecule has 0 unspecified atom stereocenters. The molecule has 1 N–H and O–H groups in total. The predicted octanol–water partition coefficient (Wildman–Crippen LogP) is 2.03. The van der Waals surface area contributed by atoms with Gasteiger partial charge in [0.2, 0.25) is 5.56 Å². The summed E-state index contributed by atoms with van der Waals surface area (Å²) in [5, 5.41) is 8.17. The van der Waals surface area contributed by atoms with E-state index in [2.05, 4.69) is 4.98 Å². The van der Waals surface area contributed by atoms with E-state index in [1.54, 1.807) is 6.07 Å². The first kappa shape index (κ1) is 10.7. The van der Waals surface area contributed by atoms with E-state index in [4.69, 9.17) is 16.9 Å². The van der Waals surface area contributed by atoms with Crippen LogP contribution in [-0.2, 0) is 6.42 Å². The summed E-state index contributed by atoms with van der Waals surface area (Å²) in [5.74, 6) is 0. The van der Waals surface area contributed by atoms with Crippen LogP contribution in [-0.4, -0.2) is 4.98 Å². The van der Waals surface area contributed by atoms with Crippen LogP contribution < -0.4 is 5.56 Å². The van der Waals surface area contributed by atoms with Gasteiger partial charge in [0.15, 0.2) is 0 Å². The summed E-state index contributed by atoms with van der Waals surface area (Å²) in [6.07, 6.45) is -3.06. The van der Waals surface area contributed by atoms with E-state index in [1.165, 1.54) is 0 Å². The standard InChI is InChI=1S/C8H5ClF2N2O/c9-7-4(1-2-12)5(8(10)11)3-6(14)13-7/h3,8H,1H2,(H,13,14). The highest BCUT2D eigenvalue weighted by Crippen LogP contribution is 2.25. The number of hydrogen-bond acceptors (Lipinski definition) is 2. The molecule has 0 aromatic carbocycles. The molecule has 0 aliphatic carbocycles. The highest BCUT2D eigenvalue weighted by Gasteiger charge is 2.16. The molecule has 0 atom stereocenters. The monoisotopic (exact) mass is 218 g/mol. The first-order valence-electron chi connectivity index (χ1n) is 3.63. The van der Waals surface area contributed by atoms with Gasteiger partial charge >= 0.3 is 0 Å². The zero-order chi connectivity index (χ0) is 10.7. The first-order chi connectivity index (χ1) is 6.56. The Bertz CT molecular complexity index is 436. The van der Waals surface area contributed by atoms with E-state index in [0.29, 0.717) is 0 Å². The summed E-state index contributed by atoms with van der Waals surface area (Å²) in [6, 6.07) is 2.45. The van der Waals surface area contributed by atoms with Gasteiger partial charge in [-0.15, -0.1) is 0 Å². The molecular weight excluding hydrogens is 214 g/mol. The molecule has 1 aromatic rings. The summed E-state index contributed by atoms with van der Waals surface area (Å²) in [6.45, 7) is 0. The number of hydrogen-bond donors (Lipinski definition) is 1. The van der Waals surface area contributed by atoms with Gasteiger partial charge in [-0.3, -0.25) is 4.79 Å². The van der Waals surface area contributed by atoms with Gasteiger partial charge in [-0.2, -0.15) is 5.26 Å². The quantitative estimate of drug-likeness (QED) is 0.773. The lowest BCUT2D eigenvalue weighted by Gasteiger charge is -2.06. The number of H-pyrrole nitrogens is 1. The molecular formula is C8H5ClF2N2O. The summed E-state index contributed by atoms with van der Waals surface area (Å²) >= 11 is 5.52. The zero-order valence-corrected chi connectivity index (χ0v) is 7.61. The van der Waals surface area contributed by atoms with E-state index in [9.17, 15) is 13.6 Å². The number of rotatable bonds is 2. The minimum Gasteiger partial charge on any atom is -0.313 e. The first-order valence-corrected chi connectivity index (χ1v) is 4.00. The largest absolute Gasteiger partial charge is 0.313 e. The van der Waals surface area contributed by atoms with Crippen LogP contribution in [0, 0.1) is 11.3 Å². The molecule has 1 rings (SSSR count). The van der Waals surface area contributed by atoms with E-state index >= 15 is 0 Å². The van der Waals surface area contributed by atoms with Crippen LogP contribution in [0.2, 0.25) is 5.15 Å². The summed E-state index contributed by atoms with van der Waals surface area (Å²) in [5.41, 5.74) is -1.21. The maximum Gasteiger partial charge on any atom is 0.264 e. The van der Waals surface area contributed by atoms with Gasteiger partial charge in [0.1, 0.15) is 5.15 Å². The van der Waals surface area contributed by atoms with Crippen molar-refractivity contribution in [3.05, 3.63) is 32.7 Å². The van der Waals surface area contributed by atoms with Crippen LogP contribution >= 0.6 is 11.6 Å². The Hall–Kier alpha value is -1.41. The fourth-order valence-electron chi connectivity index (χ4n) is 1.03. The number of halogens is 3. The molecule has 0 saturated carbocycles. The number of aromatic amines is 1. The SMILES string of the molecule is N#CCc1c(C(F)F)cc(=O)[nH]c1Cl. The molecule has 1 heterocycles. The van der Waals surface area contributed by atoms with Gasteiger partial charge in [0, 0.05) is 17.2 Å². The second-order valence-corrected chi connectivity index (χ2v) is 2.90. The Balaban J connectivity index is 3.38. The van der Waals surface area contributed by atoms with Crippen molar-refractivity contribution in [2.75, 3.05) is 0 Å². The molecule has 1 aromatic heterocycles. The zero-order valence-electron chi connectivity index (χ0n) is 6.85. The van der Waals surface area contributed by atoms with Crippen molar-refractivity contribution >= 4 is 11.6 Å². The molecule has 0 fully saturated rings. The number of nitrogens with one attached hydrogen (secondary N) is 1. The minimum atomic E-state index is -2.81. The summed E-state index contributed by atoms with van der Waals surface area (Å²) in [7, 11) is 0. The van der Waals surface area contributed by atoms with E-state index in [-0.39, 0.29) is 17.1 Å². The van der Waals surface area contributed by atoms with Crippen molar-refractivity contribution in [1.29, 1.82) is 5.26 Å². The number of aromatic nitrogens is 1. The maximum atomic E-state index is 12.4. The van der Waals surface area contributed by atoms with Crippen LogP contribution in [0.4, 0.5) is 8.78 Å². The fraction of sp³-hybridized carbons (Fsp3) is 0.250. The third kappa shape index (κ3) is 2.09. The van der Waals surface area contributed by atoms with Gasteiger partial charge in [0.25, 0.3) is 6.43 Å². The Labute approximate surface area is 82.9 Å². The molecule has 14 heavy (non-hydrogen) atoms. The molecule has 74 valence electrons. The average molecular weight is 219 g/mol. The minimum absolute atomic E-state index is 0.0243. The second-order valence-electron chi connectivity index (χ2n) is 2.52. The Morgan fingerprint density at radius 1 is 1.64 bits per heavy atom. The number of nitriles is 1. The topological polar surface area (TPSA) is 56.6 Å². The van der Waals surface area contributed by atoms with Crippen LogP contribution in [0.25, 0.3) is 0 Å². The lowest BCUT2D eigenvalue weighted by Crippen LogP contribution is -2.10. The molecule has 0 amide bonds. The third-order valence-electron chi connectivity index (χ3n) is 1.62. The Morgan fingerprint density at radius 3 is 2.79 bits per heavy atom. The fourth-order valence-corrected chi connectivity index (χ4v) is 1.30. The highest BCUT2D eigenvalue weighted by molar-refractivity contribution is 6.30. The second kappa shape index (κ2) is 4.20. The molecule has 0 spiro atoms. The van der Waals surface area contributed by atoms with Crippen molar-refractivity contribution in [3.63, 3.8) is 0 Å². The Kier molecular flexibility index (Phi) is 3.20. The maximum absolute atomic E-state index is 12.4. The average Bonchev–Trinajstić information content (AvgIpc) is 2.09. The van der Waals surface area contributed by atoms with Crippen molar-refractivity contribution in [2.24, 2.45) is 0 Å². The van der Waals surface area contributed by atoms with E-state index < -0.39 is 17.5 Å². The van der Waals surface area contributed by atoms with Crippen LogP contribution in [0.5, 0.6) is 0 Å². The summed E-state index contributed by atoms with van der Waals surface area (Å²) in [4.78, 5) is 13.0. The molecule has 6 heteroatoms. The van der Waals surface area contributed by atoms with Gasteiger partial charge in [-0.05, 0) is 0 Å². The van der Waals surface area contributed by atoms with E-state index in [1.807, 2.05) is 0 Å². The number of alkyl halides is 2. The van der Waals surface area contributed by atoms with Gasteiger partial charge in [0.05, 0.1) is 12.5 Å². The van der Waals surface area contributed by atoms with Crippen molar-refractivity contribution < 1.29 is 8.78 Å². The lowest BCUT2D eigenvalue weighted by molar-refractivity contribution is 0.150. The molecule has 0 radical (unpaired) electrons. The lowest BCUT2D eigenvalue weighted by atomic mass is 10.1. The molecule has 0 aliphatic rings. The van der Waals surface area contributed by atoms with Gasteiger partial charge in [-0.25, -0.2) is 8.78 Å². The normalized spacial score (nSPS) is 10.2. The molecule has 0 aliphatic heterocycles. The molecule has 0 bridgehead atoms. The van der Waals surface area contributed by atoms with Crippen molar-refractivity contribution in [2.45, 2.75) is 12.8 Å². The third-order valence-corrected chi connectivity index (χ3v) is 1.95. The molecule has 3 nitrogen and oxygen atoms in total. The van der Waals surface area contributed by atoms with Crippen LogP contribution in [0.3, 0.4) is 0 Å². The Morgan fingerprint density at radius 2 is 2.29 bits per heavy atom. The van der Waals surface area contributed by atoms with Crippen molar-refractivity contribution in [1.82, 2.24) is 4.98 Å².